The van der Waals surface area contributed by atoms with Crippen molar-refractivity contribution in [3.05, 3.63) is 35.4 Å². The van der Waals surface area contributed by atoms with Crippen LogP contribution in [0.4, 0.5) is 8.78 Å². The first-order valence-electron chi connectivity index (χ1n) is 9.74. The summed E-state index contributed by atoms with van der Waals surface area (Å²) in [6.07, 6.45) is 7.56. The van der Waals surface area contributed by atoms with Crippen LogP contribution in [0, 0.1) is 11.6 Å². The van der Waals surface area contributed by atoms with Crippen LogP contribution in [0.15, 0.2) is 23.2 Å². The minimum Gasteiger partial charge on any atom is -0.356 e. The van der Waals surface area contributed by atoms with Crippen LogP contribution < -0.4 is 10.6 Å². The quantitative estimate of drug-likeness (QED) is 0.417. The molecular formula is C20H32F2N4. The van der Waals surface area contributed by atoms with Gasteiger partial charge >= 0.3 is 0 Å². The lowest BCUT2D eigenvalue weighted by Gasteiger charge is -2.26. The number of guanidine groups is 1. The van der Waals surface area contributed by atoms with E-state index in [-0.39, 0.29) is 6.04 Å². The molecule has 2 N–H and O–H groups in total. The van der Waals surface area contributed by atoms with E-state index in [4.69, 9.17) is 0 Å². The Kier molecular flexibility index (Phi) is 8.81. The van der Waals surface area contributed by atoms with Gasteiger partial charge in [0.15, 0.2) is 5.96 Å². The SMILES string of the molecule is CN=C(NCCCCCN1CCCCC1)NC(C)c1ccc(F)cc1F. The second-order valence-electron chi connectivity index (χ2n) is 6.99. The number of nitrogens with one attached hydrogen (secondary N) is 2. The topological polar surface area (TPSA) is 39.7 Å². The van der Waals surface area contributed by atoms with Crippen LogP contribution in [0.25, 0.3) is 0 Å². The van der Waals surface area contributed by atoms with E-state index in [1.54, 1.807) is 7.05 Å². The molecule has 0 radical (unpaired) electrons. The van der Waals surface area contributed by atoms with E-state index in [2.05, 4.69) is 20.5 Å². The van der Waals surface area contributed by atoms with E-state index >= 15 is 0 Å². The smallest absolute Gasteiger partial charge is 0.191 e. The van der Waals surface area contributed by atoms with Gasteiger partial charge in [0.25, 0.3) is 0 Å². The van der Waals surface area contributed by atoms with E-state index in [9.17, 15) is 8.78 Å². The minimum atomic E-state index is -0.564. The molecule has 1 aromatic carbocycles. The fourth-order valence-corrected chi connectivity index (χ4v) is 3.36. The molecule has 1 aliphatic rings. The van der Waals surface area contributed by atoms with Crippen LogP contribution in [-0.4, -0.2) is 44.1 Å². The van der Waals surface area contributed by atoms with Gasteiger partial charge in [-0.2, -0.15) is 0 Å². The number of halogens is 2. The van der Waals surface area contributed by atoms with E-state index in [0.29, 0.717) is 11.5 Å². The molecule has 1 saturated heterocycles. The van der Waals surface area contributed by atoms with Crippen molar-refractivity contribution < 1.29 is 8.78 Å². The molecule has 1 unspecified atom stereocenters. The lowest BCUT2D eigenvalue weighted by atomic mass is 10.1. The largest absolute Gasteiger partial charge is 0.356 e. The summed E-state index contributed by atoms with van der Waals surface area (Å²) in [5, 5.41) is 6.42. The monoisotopic (exact) mass is 366 g/mol. The summed E-state index contributed by atoms with van der Waals surface area (Å²) in [6.45, 7) is 6.38. The number of hydrogen-bond donors (Lipinski definition) is 2. The highest BCUT2D eigenvalue weighted by molar-refractivity contribution is 5.80. The van der Waals surface area contributed by atoms with Gasteiger partial charge in [-0.1, -0.05) is 18.9 Å². The van der Waals surface area contributed by atoms with Crippen molar-refractivity contribution in [2.75, 3.05) is 33.2 Å². The van der Waals surface area contributed by atoms with Gasteiger partial charge < -0.3 is 15.5 Å². The second-order valence-corrected chi connectivity index (χ2v) is 6.99. The maximum absolute atomic E-state index is 13.9. The molecule has 0 amide bonds. The molecule has 0 aromatic heterocycles. The summed E-state index contributed by atoms with van der Waals surface area (Å²) in [5.41, 5.74) is 0.427. The third-order valence-electron chi connectivity index (χ3n) is 4.90. The molecule has 0 spiro atoms. The van der Waals surface area contributed by atoms with Crippen molar-refractivity contribution >= 4 is 5.96 Å². The van der Waals surface area contributed by atoms with Crippen LogP contribution in [0.5, 0.6) is 0 Å². The van der Waals surface area contributed by atoms with Crippen molar-refractivity contribution in [1.29, 1.82) is 0 Å². The number of piperidine rings is 1. The van der Waals surface area contributed by atoms with E-state index < -0.39 is 11.6 Å². The van der Waals surface area contributed by atoms with E-state index in [1.165, 1.54) is 63.9 Å². The summed E-state index contributed by atoms with van der Waals surface area (Å²) in [7, 11) is 1.69. The molecule has 1 aliphatic heterocycles. The van der Waals surface area contributed by atoms with Crippen LogP contribution in [0.3, 0.4) is 0 Å². The van der Waals surface area contributed by atoms with Gasteiger partial charge in [0.05, 0.1) is 6.04 Å². The third-order valence-corrected chi connectivity index (χ3v) is 4.90. The lowest BCUT2D eigenvalue weighted by Crippen LogP contribution is -2.39. The highest BCUT2D eigenvalue weighted by Gasteiger charge is 2.13. The molecule has 0 aliphatic carbocycles. The first kappa shape index (κ1) is 20.6. The van der Waals surface area contributed by atoms with Gasteiger partial charge in [0.2, 0.25) is 0 Å². The van der Waals surface area contributed by atoms with Crippen LogP contribution in [-0.2, 0) is 0 Å². The molecule has 2 rings (SSSR count). The molecule has 0 saturated carbocycles. The van der Waals surface area contributed by atoms with Crippen molar-refractivity contribution in [3.8, 4) is 0 Å². The Bertz CT molecular complexity index is 571. The Hall–Kier alpha value is -1.69. The molecule has 0 bridgehead atoms. The number of aliphatic imine (C=N–C) groups is 1. The number of benzene rings is 1. The first-order valence-corrected chi connectivity index (χ1v) is 9.74. The number of nitrogens with zero attached hydrogens (tertiary/aromatic N) is 2. The zero-order valence-electron chi connectivity index (χ0n) is 16.0. The van der Waals surface area contributed by atoms with Crippen LogP contribution in [0.2, 0.25) is 0 Å². The van der Waals surface area contributed by atoms with E-state index in [0.717, 1.165) is 19.0 Å². The summed E-state index contributed by atoms with van der Waals surface area (Å²) in [6, 6.07) is 3.36. The summed E-state index contributed by atoms with van der Waals surface area (Å²) in [4.78, 5) is 6.75. The molecule has 1 aromatic rings. The third kappa shape index (κ3) is 6.90. The summed E-state index contributed by atoms with van der Waals surface area (Å²) in [5.74, 6) is -0.471. The Morgan fingerprint density at radius 2 is 1.92 bits per heavy atom. The Balaban J connectivity index is 1.64. The highest BCUT2D eigenvalue weighted by atomic mass is 19.1. The Morgan fingerprint density at radius 1 is 1.15 bits per heavy atom. The highest BCUT2D eigenvalue weighted by Crippen LogP contribution is 2.17. The summed E-state index contributed by atoms with van der Waals surface area (Å²) < 4.78 is 26.9. The van der Waals surface area contributed by atoms with E-state index in [1.807, 2.05) is 6.92 Å². The maximum atomic E-state index is 13.9. The Morgan fingerprint density at radius 3 is 2.62 bits per heavy atom. The molecule has 146 valence electrons. The van der Waals surface area contributed by atoms with Crippen molar-refractivity contribution in [2.24, 2.45) is 4.99 Å². The number of rotatable bonds is 8. The van der Waals surface area contributed by atoms with Gasteiger partial charge in [-0.15, -0.1) is 0 Å². The average molecular weight is 366 g/mol. The molecule has 1 heterocycles. The predicted molar refractivity (Wildman–Crippen MR) is 103 cm³/mol. The van der Waals surface area contributed by atoms with Gasteiger partial charge in [-0.3, -0.25) is 4.99 Å². The maximum Gasteiger partial charge on any atom is 0.191 e. The second kappa shape index (κ2) is 11.1. The lowest BCUT2D eigenvalue weighted by molar-refractivity contribution is 0.224. The molecule has 1 fully saturated rings. The van der Waals surface area contributed by atoms with Gasteiger partial charge in [-0.25, -0.2) is 8.78 Å². The van der Waals surface area contributed by atoms with Gasteiger partial charge in [0, 0.05) is 25.2 Å². The molecule has 26 heavy (non-hydrogen) atoms. The number of unbranched alkanes of at least 4 members (excludes halogenated alkanes) is 2. The average Bonchev–Trinajstić information content (AvgIpc) is 2.64. The fraction of sp³-hybridized carbons (Fsp3) is 0.650. The Labute approximate surface area is 156 Å². The molecular weight excluding hydrogens is 334 g/mol. The van der Waals surface area contributed by atoms with Crippen molar-refractivity contribution in [3.63, 3.8) is 0 Å². The van der Waals surface area contributed by atoms with Crippen molar-refractivity contribution in [2.45, 2.75) is 51.5 Å². The standard InChI is InChI=1S/C20H32F2N4/c1-16(18-10-9-17(21)15-19(18)22)25-20(23-2)24-11-5-3-6-12-26-13-7-4-8-14-26/h9-10,15-16H,3-8,11-14H2,1-2H3,(H2,23,24,25). The zero-order valence-corrected chi connectivity index (χ0v) is 16.0. The molecule has 6 heteroatoms. The van der Waals surface area contributed by atoms with Crippen molar-refractivity contribution in [1.82, 2.24) is 15.5 Å². The van der Waals surface area contributed by atoms with Crippen LogP contribution in [0.1, 0.15) is 57.1 Å². The minimum absolute atomic E-state index is 0.291. The normalized spacial score (nSPS) is 17.2. The first-order chi connectivity index (χ1) is 12.6. The predicted octanol–water partition coefficient (Wildman–Crippen LogP) is 3.85. The fourth-order valence-electron chi connectivity index (χ4n) is 3.36. The number of likely N-dealkylation sites (tertiary alicyclic amines) is 1. The zero-order chi connectivity index (χ0) is 18.8. The van der Waals surface area contributed by atoms with Gasteiger partial charge in [-0.05, 0) is 58.3 Å². The molecule has 1 atom stereocenters. The summed E-state index contributed by atoms with van der Waals surface area (Å²) >= 11 is 0. The molecule has 4 nitrogen and oxygen atoms in total. The number of hydrogen-bond acceptors (Lipinski definition) is 2. The van der Waals surface area contributed by atoms with Crippen LogP contribution >= 0.6 is 0 Å². The van der Waals surface area contributed by atoms with Gasteiger partial charge in [0.1, 0.15) is 11.6 Å².